The molecule has 0 aromatic heterocycles. The molecule has 0 spiro atoms. The second kappa shape index (κ2) is 14.6. The Bertz CT molecular complexity index is 831. The Morgan fingerprint density at radius 3 is 2.09 bits per heavy atom. The van der Waals surface area contributed by atoms with Gasteiger partial charge in [-0.2, -0.15) is 0 Å². The van der Waals surface area contributed by atoms with Gasteiger partial charge in [-0.15, -0.1) is 0 Å². The van der Waals surface area contributed by atoms with Crippen molar-refractivity contribution in [1.29, 1.82) is 0 Å². The van der Waals surface area contributed by atoms with Crippen LogP contribution < -0.4 is 22.6 Å². The second-order valence-corrected chi connectivity index (χ2v) is 9.00. The molecule has 0 aliphatic heterocycles. The zero-order valence-corrected chi connectivity index (χ0v) is 21.2. The molecule has 0 bridgehead atoms. The fourth-order valence-electron chi connectivity index (χ4n) is 4.37. The summed E-state index contributed by atoms with van der Waals surface area (Å²) in [6, 6.07) is 20.6. The minimum Gasteiger partial charge on any atom is -1.00 e. The number of amides is 1. The van der Waals surface area contributed by atoms with E-state index in [9.17, 15) is 4.79 Å². The number of rotatable bonds is 14. The third kappa shape index (κ3) is 9.45. The normalized spacial score (nSPS) is 12.7. The van der Waals surface area contributed by atoms with E-state index in [1.807, 2.05) is 65.6 Å². The van der Waals surface area contributed by atoms with Crippen LogP contribution in [0.3, 0.4) is 0 Å². The van der Waals surface area contributed by atoms with E-state index in [2.05, 4.69) is 51.5 Å². The number of carbonyl (C=O) groups excluding carboxylic acids is 1. The van der Waals surface area contributed by atoms with Crippen molar-refractivity contribution < 1.29 is 21.7 Å². The quantitative estimate of drug-likeness (QED) is 0.341. The fourth-order valence-corrected chi connectivity index (χ4v) is 4.37. The van der Waals surface area contributed by atoms with Crippen LogP contribution in [-0.2, 0) is 4.79 Å². The maximum absolute atomic E-state index is 13.4. The van der Waals surface area contributed by atoms with E-state index in [1.54, 1.807) is 0 Å². The highest BCUT2D eigenvalue weighted by molar-refractivity contribution is 5.93. The van der Waals surface area contributed by atoms with Gasteiger partial charge in [0.2, 0.25) is 5.91 Å². The molecular weight excluding hydrogens is 430 g/mol. The summed E-state index contributed by atoms with van der Waals surface area (Å²) in [6.45, 7) is 14.7. The predicted octanol–water partition coefficient (Wildman–Crippen LogP) is 2.90. The molecule has 1 N–H and O–H groups in total. The van der Waals surface area contributed by atoms with Crippen molar-refractivity contribution in [2.75, 3.05) is 36.9 Å². The van der Waals surface area contributed by atoms with Crippen LogP contribution in [0.1, 0.15) is 33.1 Å². The molecule has 2 rings (SSSR count). The molecule has 0 aliphatic carbocycles. The van der Waals surface area contributed by atoms with Crippen molar-refractivity contribution in [3.05, 3.63) is 86.0 Å². The zero-order valence-electron chi connectivity index (χ0n) is 20.4. The van der Waals surface area contributed by atoms with Crippen LogP contribution in [0, 0.1) is 0 Å². The van der Waals surface area contributed by atoms with Gasteiger partial charge in [0.05, 0.1) is 32.7 Å². The summed E-state index contributed by atoms with van der Waals surface area (Å²) in [7, 11) is 2.20. The first kappa shape index (κ1) is 28.5. The van der Waals surface area contributed by atoms with Gasteiger partial charge in [-0.1, -0.05) is 49.6 Å². The molecule has 5 heteroatoms. The molecular formula is C28H40ClN3O. The summed E-state index contributed by atoms with van der Waals surface area (Å²) in [5.41, 5.74) is 2.08. The van der Waals surface area contributed by atoms with E-state index in [1.165, 1.54) is 0 Å². The van der Waals surface area contributed by atoms with E-state index >= 15 is 0 Å². The predicted molar refractivity (Wildman–Crippen MR) is 138 cm³/mol. The molecule has 0 saturated heterocycles. The number of quaternary nitrogens is 1. The molecule has 180 valence electrons. The number of hydrogen-bond donors (Lipinski definition) is 1. The van der Waals surface area contributed by atoms with E-state index < -0.39 is 0 Å². The number of carbonyl (C=O) groups is 1. The highest BCUT2D eigenvalue weighted by atomic mass is 35.5. The molecule has 2 aromatic carbocycles. The van der Waals surface area contributed by atoms with Crippen LogP contribution in [0.2, 0.25) is 0 Å². The smallest absolute Gasteiger partial charge is 0.227 e. The highest BCUT2D eigenvalue weighted by Gasteiger charge is 2.29. The van der Waals surface area contributed by atoms with Gasteiger partial charge in [-0.25, -0.2) is 0 Å². The summed E-state index contributed by atoms with van der Waals surface area (Å²) in [4.78, 5) is 15.4. The van der Waals surface area contributed by atoms with Gasteiger partial charge in [-0.05, 0) is 63.1 Å². The summed E-state index contributed by atoms with van der Waals surface area (Å²) < 4.78 is 0.781. The van der Waals surface area contributed by atoms with Gasteiger partial charge in [0.1, 0.15) is 0 Å². The van der Waals surface area contributed by atoms with E-state index in [-0.39, 0.29) is 24.4 Å². The number of benzene rings is 2. The van der Waals surface area contributed by atoms with Gasteiger partial charge in [0.15, 0.2) is 0 Å². The molecule has 0 radical (unpaired) electrons. The summed E-state index contributed by atoms with van der Waals surface area (Å²) in [5.74, 6) is 0.180. The molecule has 2 atom stereocenters. The SMILES string of the molecule is C=CC[N+](C)(CC=C)CC(C)N(C(=O)CCCC(C)Nc1ccccc1)c1ccccc1.[Cl-]. The number of likely N-dealkylation sites (N-methyl/N-ethyl adjacent to an activating group) is 1. The van der Waals surface area contributed by atoms with Crippen LogP contribution in [-0.4, -0.2) is 49.2 Å². The standard InChI is InChI=1S/C28H40N3O.ClH/c1-6-21-31(5,22-7-2)23-25(4)30(27-18-12-9-13-19-27)28(32)20-14-15-24(3)29-26-16-10-8-11-17-26;/h6-13,16-19,24-25,29H,1-2,14-15,20-23H2,3-5H3;1H/q+1;/p-1. The van der Waals surface area contributed by atoms with Gasteiger partial charge in [-0.3, -0.25) is 4.79 Å². The lowest BCUT2D eigenvalue weighted by atomic mass is 10.1. The van der Waals surface area contributed by atoms with Crippen molar-refractivity contribution in [3.63, 3.8) is 0 Å². The molecule has 0 aliphatic rings. The Labute approximate surface area is 207 Å². The second-order valence-electron chi connectivity index (χ2n) is 9.00. The van der Waals surface area contributed by atoms with Crippen LogP contribution in [0.25, 0.3) is 0 Å². The number of halogens is 1. The first-order valence-electron chi connectivity index (χ1n) is 11.6. The van der Waals surface area contributed by atoms with Crippen LogP contribution in [0.5, 0.6) is 0 Å². The van der Waals surface area contributed by atoms with E-state index in [4.69, 9.17) is 0 Å². The Morgan fingerprint density at radius 2 is 1.55 bits per heavy atom. The minimum absolute atomic E-state index is 0. The Morgan fingerprint density at radius 1 is 1.00 bits per heavy atom. The Hall–Kier alpha value is -2.56. The van der Waals surface area contributed by atoms with Gasteiger partial charge < -0.3 is 27.1 Å². The Balaban J connectivity index is 0.00000544. The van der Waals surface area contributed by atoms with Gasteiger partial charge in [0, 0.05) is 23.8 Å². The van der Waals surface area contributed by atoms with Crippen molar-refractivity contribution in [1.82, 2.24) is 0 Å². The minimum atomic E-state index is 0. The van der Waals surface area contributed by atoms with Crippen molar-refractivity contribution >= 4 is 17.3 Å². The van der Waals surface area contributed by atoms with E-state index in [0.29, 0.717) is 12.5 Å². The first-order chi connectivity index (χ1) is 15.4. The topological polar surface area (TPSA) is 32.3 Å². The molecule has 1 amide bonds. The monoisotopic (exact) mass is 469 g/mol. The van der Waals surface area contributed by atoms with Crippen molar-refractivity contribution in [2.24, 2.45) is 0 Å². The molecule has 0 saturated carbocycles. The molecule has 4 nitrogen and oxygen atoms in total. The van der Waals surface area contributed by atoms with Crippen LogP contribution in [0.15, 0.2) is 86.0 Å². The lowest BCUT2D eigenvalue weighted by Crippen LogP contribution is -3.00. The van der Waals surface area contributed by atoms with Crippen molar-refractivity contribution in [2.45, 2.75) is 45.2 Å². The number of hydrogen-bond acceptors (Lipinski definition) is 2. The molecule has 2 unspecified atom stereocenters. The third-order valence-electron chi connectivity index (χ3n) is 5.80. The highest BCUT2D eigenvalue weighted by Crippen LogP contribution is 2.21. The lowest BCUT2D eigenvalue weighted by molar-refractivity contribution is -0.898. The summed E-state index contributed by atoms with van der Waals surface area (Å²) in [5, 5.41) is 3.51. The molecule has 2 aromatic rings. The Kier molecular flexibility index (Phi) is 12.6. The number of nitrogens with one attached hydrogen (secondary N) is 1. The zero-order chi connectivity index (χ0) is 23.4. The summed E-state index contributed by atoms with van der Waals surface area (Å²) >= 11 is 0. The van der Waals surface area contributed by atoms with Crippen LogP contribution in [0.4, 0.5) is 11.4 Å². The van der Waals surface area contributed by atoms with Crippen molar-refractivity contribution in [3.8, 4) is 0 Å². The average molecular weight is 470 g/mol. The maximum Gasteiger partial charge on any atom is 0.227 e. The van der Waals surface area contributed by atoms with Gasteiger partial charge in [0.25, 0.3) is 0 Å². The average Bonchev–Trinajstić information content (AvgIpc) is 2.75. The number of nitrogens with zero attached hydrogens (tertiary/aromatic N) is 2. The third-order valence-corrected chi connectivity index (χ3v) is 5.80. The maximum atomic E-state index is 13.4. The lowest BCUT2D eigenvalue weighted by Gasteiger charge is -2.39. The fraction of sp³-hybridized carbons (Fsp3) is 0.393. The molecule has 0 fully saturated rings. The first-order valence-corrected chi connectivity index (χ1v) is 11.6. The van der Waals surface area contributed by atoms with Gasteiger partial charge >= 0.3 is 0 Å². The summed E-state index contributed by atoms with van der Waals surface area (Å²) in [6.07, 6.45) is 6.23. The van der Waals surface area contributed by atoms with E-state index in [0.717, 1.165) is 48.3 Å². The molecule has 33 heavy (non-hydrogen) atoms. The largest absolute Gasteiger partial charge is 1.00 e. The molecule has 0 heterocycles. The number of para-hydroxylation sites is 2. The number of anilines is 2. The van der Waals surface area contributed by atoms with Crippen LogP contribution >= 0.6 is 0 Å².